The third-order valence-electron chi connectivity index (χ3n) is 0.880. The van der Waals surface area contributed by atoms with Crippen molar-refractivity contribution in [3.8, 4) is 0 Å². The van der Waals surface area contributed by atoms with Gasteiger partial charge in [-0.25, -0.2) is 8.42 Å². The Labute approximate surface area is 57.3 Å². The predicted molar refractivity (Wildman–Crippen MR) is 30.8 cm³/mol. The van der Waals surface area contributed by atoms with Crippen LogP contribution in [0.3, 0.4) is 0 Å². The summed E-state index contributed by atoms with van der Waals surface area (Å²) >= 11 is 0. The van der Waals surface area contributed by atoms with Gasteiger partial charge in [-0.05, 0) is 12.1 Å². The van der Waals surface area contributed by atoms with E-state index < -0.39 is 10.0 Å². The van der Waals surface area contributed by atoms with E-state index in [0.29, 0.717) is 0 Å². The van der Waals surface area contributed by atoms with Gasteiger partial charge in [0.15, 0.2) is 0 Å². The van der Waals surface area contributed by atoms with Gasteiger partial charge in [-0.1, -0.05) is 4.89 Å². The third kappa shape index (κ3) is 1.18. The van der Waals surface area contributed by atoms with Gasteiger partial charge in [-0.15, -0.1) is 0 Å². The molecule has 0 saturated heterocycles. The van der Waals surface area contributed by atoms with Gasteiger partial charge in [-0.2, -0.15) is 0 Å². The van der Waals surface area contributed by atoms with Crippen LogP contribution in [0, 0.1) is 0 Å². The molecule has 1 rings (SSSR count). The summed E-state index contributed by atoms with van der Waals surface area (Å²) in [6.45, 7) is 0. The molecule has 5 nitrogen and oxygen atoms in total. The molecule has 0 unspecified atom stereocenters. The molecule has 0 aliphatic rings. The van der Waals surface area contributed by atoms with E-state index in [2.05, 4.69) is 4.42 Å². The summed E-state index contributed by atoms with van der Waals surface area (Å²) in [5, 5.41) is 7.76. The van der Waals surface area contributed by atoms with Crippen LogP contribution < -0.4 is 4.89 Å². The zero-order valence-corrected chi connectivity index (χ0v) is 5.63. The van der Waals surface area contributed by atoms with Gasteiger partial charge in [0.2, 0.25) is 5.09 Å². The second-order valence-corrected chi connectivity index (χ2v) is 3.12. The summed E-state index contributed by atoms with van der Waals surface area (Å²) in [6, 6.07) is 2.63. The van der Waals surface area contributed by atoms with E-state index >= 15 is 0 Å². The van der Waals surface area contributed by atoms with Gasteiger partial charge >= 0.3 is 0 Å². The van der Waals surface area contributed by atoms with E-state index in [-0.39, 0.29) is 5.09 Å². The lowest BCUT2D eigenvalue weighted by atomic mass is 10.7. The van der Waals surface area contributed by atoms with Crippen molar-refractivity contribution in [2.24, 2.45) is 0 Å². The van der Waals surface area contributed by atoms with E-state index in [9.17, 15) is 8.42 Å². The summed E-state index contributed by atoms with van der Waals surface area (Å²) in [5.41, 5.74) is 0. The lowest BCUT2D eigenvalue weighted by molar-refractivity contribution is 0.238. The molecule has 10 heavy (non-hydrogen) atoms. The standard InChI is InChI=1S/C4H5NO4S/c6-5-10(7,8)4-2-1-3-9-4/h1-3,5-6H. The van der Waals surface area contributed by atoms with E-state index in [1.54, 1.807) is 0 Å². The normalized spacial score (nSPS) is 11.7. The van der Waals surface area contributed by atoms with Crippen molar-refractivity contribution in [3.63, 3.8) is 0 Å². The first-order valence-corrected chi connectivity index (χ1v) is 3.84. The average molecular weight is 163 g/mol. The molecular weight excluding hydrogens is 158 g/mol. The SMILES string of the molecule is O=S(=O)(NO)c1ccco1. The molecule has 56 valence electrons. The fraction of sp³-hybridized carbons (Fsp3) is 0. The topological polar surface area (TPSA) is 79.5 Å². The molecule has 0 bridgehead atoms. The summed E-state index contributed by atoms with van der Waals surface area (Å²) in [6.07, 6.45) is 1.20. The fourth-order valence-corrected chi connectivity index (χ4v) is 0.991. The lowest BCUT2D eigenvalue weighted by Gasteiger charge is -1.92. The molecule has 6 heteroatoms. The number of sulfonamides is 1. The molecule has 1 aromatic rings. The van der Waals surface area contributed by atoms with Crippen molar-refractivity contribution in [3.05, 3.63) is 18.4 Å². The number of rotatable bonds is 2. The lowest BCUT2D eigenvalue weighted by Crippen LogP contribution is -2.18. The van der Waals surface area contributed by atoms with Gasteiger partial charge in [0.1, 0.15) is 0 Å². The molecule has 0 fully saturated rings. The van der Waals surface area contributed by atoms with Crippen molar-refractivity contribution in [2.45, 2.75) is 5.09 Å². The Morgan fingerprint density at radius 2 is 2.30 bits per heavy atom. The predicted octanol–water partition coefficient (Wildman–Crippen LogP) is -0.0529. The molecule has 0 saturated carbocycles. The van der Waals surface area contributed by atoms with Crippen LogP contribution in [-0.4, -0.2) is 13.6 Å². The Bertz CT molecular complexity index is 287. The Kier molecular flexibility index (Phi) is 1.75. The highest BCUT2D eigenvalue weighted by Gasteiger charge is 2.14. The Morgan fingerprint density at radius 1 is 1.60 bits per heavy atom. The molecule has 0 aromatic carbocycles. The summed E-state index contributed by atoms with van der Waals surface area (Å²) in [5.74, 6) is 0. The zero-order chi connectivity index (χ0) is 7.61. The van der Waals surface area contributed by atoms with Crippen LogP contribution in [0.5, 0.6) is 0 Å². The van der Waals surface area contributed by atoms with Gasteiger partial charge in [-0.3, -0.25) is 0 Å². The maximum absolute atomic E-state index is 10.6. The number of hydrogen-bond donors (Lipinski definition) is 2. The molecule has 0 aliphatic carbocycles. The van der Waals surface area contributed by atoms with Crippen LogP contribution in [-0.2, 0) is 10.0 Å². The summed E-state index contributed by atoms with van der Waals surface area (Å²) in [7, 11) is -3.82. The monoisotopic (exact) mass is 163 g/mol. The van der Waals surface area contributed by atoms with Crippen molar-refractivity contribution in [2.75, 3.05) is 0 Å². The Morgan fingerprint density at radius 3 is 2.70 bits per heavy atom. The molecule has 1 aromatic heterocycles. The number of furan rings is 1. The highest BCUT2D eigenvalue weighted by atomic mass is 32.2. The summed E-state index contributed by atoms with van der Waals surface area (Å²) < 4.78 is 25.7. The van der Waals surface area contributed by atoms with E-state index in [1.165, 1.54) is 18.4 Å². The largest absolute Gasteiger partial charge is 0.452 e. The van der Waals surface area contributed by atoms with Crippen molar-refractivity contribution in [1.82, 2.24) is 4.89 Å². The second-order valence-electron chi connectivity index (χ2n) is 1.53. The fourth-order valence-electron chi connectivity index (χ4n) is 0.461. The highest BCUT2D eigenvalue weighted by Crippen LogP contribution is 2.06. The molecule has 0 spiro atoms. The molecule has 0 atom stereocenters. The zero-order valence-electron chi connectivity index (χ0n) is 4.81. The quantitative estimate of drug-likeness (QED) is 0.599. The van der Waals surface area contributed by atoms with Gasteiger partial charge in [0.05, 0.1) is 6.26 Å². The van der Waals surface area contributed by atoms with Crippen LogP contribution in [0.25, 0.3) is 0 Å². The van der Waals surface area contributed by atoms with Crippen molar-refractivity contribution < 1.29 is 18.0 Å². The van der Waals surface area contributed by atoms with Crippen molar-refractivity contribution >= 4 is 10.0 Å². The Balaban J connectivity index is 3.09. The first-order chi connectivity index (χ1) is 4.67. The van der Waals surface area contributed by atoms with Crippen LogP contribution in [0.1, 0.15) is 0 Å². The molecular formula is C4H5NO4S. The van der Waals surface area contributed by atoms with Gasteiger partial charge < -0.3 is 9.62 Å². The van der Waals surface area contributed by atoms with Gasteiger partial charge in [0.25, 0.3) is 10.0 Å². The van der Waals surface area contributed by atoms with E-state index in [1.807, 2.05) is 0 Å². The minimum atomic E-state index is -3.82. The number of hydrogen-bond acceptors (Lipinski definition) is 4. The highest BCUT2D eigenvalue weighted by molar-refractivity contribution is 7.89. The third-order valence-corrected chi connectivity index (χ3v) is 1.88. The maximum atomic E-state index is 10.6. The molecule has 0 amide bonds. The molecule has 0 radical (unpaired) electrons. The average Bonchev–Trinajstić information content (AvgIpc) is 2.38. The minimum absolute atomic E-state index is 0.310. The first kappa shape index (κ1) is 7.26. The smallest absolute Gasteiger partial charge is 0.295 e. The van der Waals surface area contributed by atoms with Crippen LogP contribution in [0.4, 0.5) is 0 Å². The van der Waals surface area contributed by atoms with E-state index in [4.69, 9.17) is 5.21 Å². The van der Waals surface area contributed by atoms with Crippen LogP contribution >= 0.6 is 0 Å². The van der Waals surface area contributed by atoms with Crippen molar-refractivity contribution in [1.29, 1.82) is 0 Å². The minimum Gasteiger partial charge on any atom is -0.452 e. The van der Waals surface area contributed by atoms with E-state index in [0.717, 1.165) is 4.89 Å². The van der Waals surface area contributed by atoms with Gasteiger partial charge in [0, 0.05) is 0 Å². The molecule has 0 aliphatic heterocycles. The maximum Gasteiger partial charge on any atom is 0.295 e. The molecule has 1 heterocycles. The van der Waals surface area contributed by atoms with Crippen LogP contribution in [0.2, 0.25) is 0 Å². The Hall–Kier alpha value is -0.850. The van der Waals surface area contributed by atoms with Crippen LogP contribution in [0.15, 0.2) is 27.9 Å². The molecule has 2 N–H and O–H groups in total. The number of nitrogens with one attached hydrogen (secondary N) is 1. The summed E-state index contributed by atoms with van der Waals surface area (Å²) in [4.78, 5) is 1.12. The first-order valence-electron chi connectivity index (χ1n) is 2.36. The second kappa shape index (κ2) is 2.41.